The molecule has 8 nitrogen and oxygen atoms in total. The molecule has 1 saturated heterocycles. The number of amides is 1. The Bertz CT molecular complexity index is 317. The maximum Gasteiger partial charge on any atom is 0.477 e. The zero-order valence-electron chi connectivity index (χ0n) is 11.6. The van der Waals surface area contributed by atoms with Crippen molar-refractivity contribution in [3.8, 4) is 0 Å². The first-order valence-corrected chi connectivity index (χ1v) is 6.56. The van der Waals surface area contributed by atoms with E-state index in [0.717, 1.165) is 0 Å². The lowest BCUT2D eigenvalue weighted by Gasteiger charge is -2.25. The van der Waals surface area contributed by atoms with Crippen LogP contribution in [0.4, 0.5) is 0 Å². The molecular weight excluding hydrogens is 269 g/mol. The van der Waals surface area contributed by atoms with Crippen molar-refractivity contribution in [3.05, 3.63) is 0 Å². The van der Waals surface area contributed by atoms with Gasteiger partial charge in [0.05, 0.1) is 25.8 Å². The zero-order chi connectivity index (χ0) is 15.3. The molecule has 1 amide bonds. The van der Waals surface area contributed by atoms with E-state index in [4.69, 9.17) is 14.4 Å². The van der Waals surface area contributed by atoms with E-state index in [0.29, 0.717) is 0 Å². The van der Waals surface area contributed by atoms with E-state index in [9.17, 15) is 20.1 Å². The van der Waals surface area contributed by atoms with Gasteiger partial charge in [0.25, 0.3) is 0 Å². The molecule has 0 bridgehead atoms. The monoisotopic (exact) mass is 291 g/mol. The second-order valence-electron chi connectivity index (χ2n) is 5.07. The van der Waals surface area contributed by atoms with Crippen LogP contribution in [0.5, 0.6) is 0 Å². The summed E-state index contributed by atoms with van der Waals surface area (Å²) in [4.78, 5) is 11.4. The Balaban J connectivity index is 2.37. The molecule has 1 heterocycles. The molecule has 1 fully saturated rings. The summed E-state index contributed by atoms with van der Waals surface area (Å²) in [5.74, 6) is -0.295. The Labute approximate surface area is 117 Å². The van der Waals surface area contributed by atoms with Gasteiger partial charge in [0.15, 0.2) is 0 Å². The number of aliphatic hydroxyl groups is 4. The number of carbonyl (C=O) groups is 1. The van der Waals surface area contributed by atoms with Gasteiger partial charge in [0.1, 0.15) is 18.3 Å². The zero-order valence-corrected chi connectivity index (χ0v) is 11.6. The third-order valence-electron chi connectivity index (χ3n) is 3.05. The van der Waals surface area contributed by atoms with Crippen LogP contribution in [0.15, 0.2) is 0 Å². The van der Waals surface area contributed by atoms with Crippen molar-refractivity contribution < 1.29 is 34.5 Å². The van der Waals surface area contributed by atoms with Crippen LogP contribution in [-0.2, 0) is 14.1 Å². The minimum Gasteiger partial charge on any atom is -0.407 e. The molecule has 0 aromatic heterocycles. The molecule has 4 unspecified atom stereocenters. The maximum atomic E-state index is 11.4. The molecule has 1 rings (SSSR count). The average molecular weight is 291 g/mol. The van der Waals surface area contributed by atoms with Crippen LogP contribution in [0.25, 0.3) is 0 Å². The molecule has 116 valence electrons. The molecule has 1 aliphatic heterocycles. The van der Waals surface area contributed by atoms with Gasteiger partial charge in [-0.1, -0.05) is 13.8 Å². The fourth-order valence-electron chi connectivity index (χ4n) is 1.71. The molecule has 0 saturated carbocycles. The van der Waals surface area contributed by atoms with Crippen LogP contribution < -0.4 is 5.32 Å². The standard InChI is InChI=1S/C11H22BNO7/c1-6(2)11(18)13-5-12-19-4-8(20-12)10(17)9(16)7(15)3-14/h6-10,14-17H,3-5H2,1-2H3,(H,13,18). The lowest BCUT2D eigenvalue weighted by molar-refractivity contribution is -0.123. The molecule has 0 radical (unpaired) electrons. The summed E-state index contributed by atoms with van der Waals surface area (Å²) in [6.45, 7) is 2.87. The van der Waals surface area contributed by atoms with E-state index in [1.807, 2.05) is 0 Å². The molecule has 0 aliphatic carbocycles. The Hall–Kier alpha value is -0.705. The Morgan fingerprint density at radius 1 is 1.40 bits per heavy atom. The number of hydrogen-bond donors (Lipinski definition) is 5. The van der Waals surface area contributed by atoms with Crippen LogP contribution in [0.2, 0.25) is 0 Å². The van der Waals surface area contributed by atoms with E-state index in [1.165, 1.54) is 0 Å². The predicted octanol–water partition coefficient (Wildman–Crippen LogP) is -2.72. The predicted molar refractivity (Wildman–Crippen MR) is 69.5 cm³/mol. The molecule has 1 aliphatic rings. The molecule has 0 spiro atoms. The molecular formula is C11H22BNO7. The van der Waals surface area contributed by atoms with E-state index < -0.39 is 38.1 Å². The van der Waals surface area contributed by atoms with Gasteiger partial charge in [0, 0.05) is 5.92 Å². The highest BCUT2D eigenvalue weighted by molar-refractivity contribution is 6.45. The van der Waals surface area contributed by atoms with Crippen LogP contribution in [0, 0.1) is 5.92 Å². The normalized spacial score (nSPS) is 23.8. The third-order valence-corrected chi connectivity index (χ3v) is 3.05. The topological polar surface area (TPSA) is 128 Å². The van der Waals surface area contributed by atoms with Crippen molar-refractivity contribution in [3.63, 3.8) is 0 Å². The van der Waals surface area contributed by atoms with Crippen molar-refractivity contribution in [2.75, 3.05) is 19.7 Å². The number of carbonyl (C=O) groups excluding carboxylic acids is 1. The van der Waals surface area contributed by atoms with Crippen LogP contribution >= 0.6 is 0 Å². The second-order valence-corrected chi connectivity index (χ2v) is 5.07. The quantitative estimate of drug-likeness (QED) is 0.322. The first-order valence-electron chi connectivity index (χ1n) is 6.56. The fourth-order valence-corrected chi connectivity index (χ4v) is 1.71. The molecule has 5 N–H and O–H groups in total. The number of hydrogen-bond acceptors (Lipinski definition) is 7. The molecule has 20 heavy (non-hydrogen) atoms. The maximum absolute atomic E-state index is 11.4. The van der Waals surface area contributed by atoms with Crippen molar-refractivity contribution >= 4 is 13.0 Å². The summed E-state index contributed by atoms with van der Waals surface area (Å²) >= 11 is 0. The van der Waals surface area contributed by atoms with Crippen LogP contribution in [-0.4, -0.2) is 77.5 Å². The minimum atomic E-state index is -1.53. The lowest BCUT2D eigenvalue weighted by atomic mass is 9.90. The van der Waals surface area contributed by atoms with Gasteiger partial charge in [-0.2, -0.15) is 0 Å². The molecule has 0 aromatic carbocycles. The second kappa shape index (κ2) is 7.91. The van der Waals surface area contributed by atoms with Crippen molar-refractivity contribution in [2.24, 2.45) is 5.92 Å². The van der Waals surface area contributed by atoms with E-state index in [2.05, 4.69) is 5.32 Å². The third kappa shape index (κ3) is 4.69. The van der Waals surface area contributed by atoms with Crippen molar-refractivity contribution in [1.29, 1.82) is 0 Å². The Morgan fingerprint density at radius 3 is 2.60 bits per heavy atom. The Morgan fingerprint density at radius 2 is 2.05 bits per heavy atom. The number of rotatable bonds is 7. The molecule has 4 atom stereocenters. The minimum absolute atomic E-state index is 0.0264. The summed E-state index contributed by atoms with van der Waals surface area (Å²) in [6.07, 6.45) is -5.06. The Kier molecular flexibility index (Phi) is 6.86. The van der Waals surface area contributed by atoms with Gasteiger partial charge in [-0.15, -0.1) is 0 Å². The molecule has 9 heteroatoms. The van der Waals surface area contributed by atoms with Crippen LogP contribution in [0.3, 0.4) is 0 Å². The summed E-state index contributed by atoms with van der Waals surface area (Å²) < 4.78 is 10.6. The summed E-state index contributed by atoms with van der Waals surface area (Å²) in [6, 6.07) is 0. The van der Waals surface area contributed by atoms with E-state index in [1.54, 1.807) is 13.8 Å². The highest BCUT2D eigenvalue weighted by Crippen LogP contribution is 2.15. The first-order chi connectivity index (χ1) is 9.36. The van der Waals surface area contributed by atoms with Gasteiger partial charge in [-0.25, -0.2) is 0 Å². The SMILES string of the molecule is CC(C)C(=O)NCB1OCC(C(O)C(O)C(O)CO)O1. The van der Waals surface area contributed by atoms with E-state index >= 15 is 0 Å². The van der Waals surface area contributed by atoms with Crippen molar-refractivity contribution in [1.82, 2.24) is 5.32 Å². The highest BCUT2D eigenvalue weighted by atomic mass is 16.6. The van der Waals surface area contributed by atoms with Gasteiger partial charge < -0.3 is 35.1 Å². The van der Waals surface area contributed by atoms with Gasteiger partial charge in [0.2, 0.25) is 5.91 Å². The highest BCUT2D eigenvalue weighted by Gasteiger charge is 2.40. The van der Waals surface area contributed by atoms with E-state index in [-0.39, 0.29) is 24.9 Å². The number of nitrogens with one attached hydrogen (secondary N) is 1. The summed E-state index contributed by atoms with van der Waals surface area (Å²) in [5, 5.41) is 39.9. The first kappa shape index (κ1) is 17.3. The average Bonchev–Trinajstić information content (AvgIpc) is 2.90. The summed E-state index contributed by atoms with van der Waals surface area (Å²) in [7, 11) is -0.712. The largest absolute Gasteiger partial charge is 0.477 e. The number of aliphatic hydroxyl groups excluding tert-OH is 4. The summed E-state index contributed by atoms with van der Waals surface area (Å²) in [5.41, 5.74) is 0. The van der Waals surface area contributed by atoms with Crippen LogP contribution in [0.1, 0.15) is 13.8 Å². The van der Waals surface area contributed by atoms with Gasteiger partial charge in [-0.3, -0.25) is 4.79 Å². The van der Waals surface area contributed by atoms with Gasteiger partial charge in [-0.05, 0) is 0 Å². The lowest BCUT2D eigenvalue weighted by Crippen LogP contribution is -2.47. The van der Waals surface area contributed by atoms with Gasteiger partial charge >= 0.3 is 7.12 Å². The smallest absolute Gasteiger partial charge is 0.407 e. The molecule has 0 aromatic rings. The van der Waals surface area contributed by atoms with Crippen molar-refractivity contribution in [2.45, 2.75) is 38.3 Å². The fraction of sp³-hybridized carbons (Fsp3) is 0.909.